The van der Waals surface area contributed by atoms with Crippen molar-refractivity contribution in [3.63, 3.8) is 0 Å². The molecule has 1 rings (SSSR count). The van der Waals surface area contributed by atoms with Gasteiger partial charge in [0.05, 0.1) is 11.5 Å². The molecule has 0 saturated heterocycles. The fourth-order valence-electron chi connectivity index (χ4n) is 1.69. The summed E-state index contributed by atoms with van der Waals surface area (Å²) in [6.45, 7) is 0.0532. The Morgan fingerprint density at radius 1 is 1.31 bits per heavy atom. The molecule has 78 valence electrons. The van der Waals surface area contributed by atoms with Gasteiger partial charge in [0, 0.05) is 6.54 Å². The van der Waals surface area contributed by atoms with Gasteiger partial charge in [-0.2, -0.15) is 13.2 Å². The Bertz CT molecular complexity index is 173. The van der Waals surface area contributed by atoms with E-state index in [0.717, 1.165) is 0 Å². The molecule has 13 heavy (non-hydrogen) atoms. The maximum Gasteiger partial charge on any atom is 0.391 e. The maximum absolute atomic E-state index is 12.2. The Morgan fingerprint density at radius 2 is 1.77 bits per heavy atom. The molecule has 0 heterocycles. The van der Waals surface area contributed by atoms with Gasteiger partial charge in [0.15, 0.2) is 0 Å². The molecular weight excluding hydrogens is 183 g/mol. The van der Waals surface area contributed by atoms with Crippen molar-refractivity contribution in [2.45, 2.75) is 37.5 Å². The summed E-state index contributed by atoms with van der Waals surface area (Å²) in [4.78, 5) is 0. The molecule has 0 aromatic carbocycles. The van der Waals surface area contributed by atoms with Crippen LogP contribution in [0.4, 0.5) is 13.2 Å². The van der Waals surface area contributed by atoms with E-state index >= 15 is 0 Å². The first kappa shape index (κ1) is 10.8. The van der Waals surface area contributed by atoms with Crippen molar-refractivity contribution in [2.75, 3.05) is 6.54 Å². The van der Waals surface area contributed by atoms with Crippen molar-refractivity contribution < 1.29 is 18.3 Å². The molecule has 0 radical (unpaired) electrons. The summed E-state index contributed by atoms with van der Waals surface area (Å²) in [5.41, 5.74) is 4.21. The van der Waals surface area contributed by atoms with Crippen molar-refractivity contribution in [3.05, 3.63) is 0 Å². The Morgan fingerprint density at radius 3 is 2.08 bits per heavy atom. The summed E-state index contributed by atoms with van der Waals surface area (Å²) in [6, 6.07) is 0. The van der Waals surface area contributed by atoms with Crippen LogP contribution in [-0.2, 0) is 0 Å². The lowest BCUT2D eigenvalue weighted by Crippen LogP contribution is -2.43. The molecule has 1 fully saturated rings. The quantitative estimate of drug-likeness (QED) is 0.668. The molecule has 2 nitrogen and oxygen atoms in total. The van der Waals surface area contributed by atoms with Crippen molar-refractivity contribution in [3.8, 4) is 0 Å². The minimum absolute atomic E-state index is 0.00278. The highest BCUT2D eigenvalue weighted by molar-refractivity contribution is 4.88. The van der Waals surface area contributed by atoms with E-state index in [1.165, 1.54) is 0 Å². The standard InChI is InChI=1S/C8H14F3NO/c9-8(10,11)6-1-3-7(13,5-12)4-2-6/h6,13H,1-5,12H2. The number of halogens is 3. The average Bonchev–Trinajstić information content (AvgIpc) is 2.04. The number of hydrogen-bond acceptors (Lipinski definition) is 2. The van der Waals surface area contributed by atoms with E-state index in [1.54, 1.807) is 0 Å². The van der Waals surface area contributed by atoms with Crippen LogP contribution in [0.2, 0.25) is 0 Å². The van der Waals surface area contributed by atoms with E-state index in [-0.39, 0.29) is 32.2 Å². The number of alkyl halides is 3. The summed E-state index contributed by atoms with van der Waals surface area (Å²) in [5, 5.41) is 9.57. The van der Waals surface area contributed by atoms with Gasteiger partial charge in [-0.15, -0.1) is 0 Å². The lowest BCUT2D eigenvalue weighted by Gasteiger charge is -2.35. The third-order valence-electron chi connectivity index (χ3n) is 2.76. The fraction of sp³-hybridized carbons (Fsp3) is 1.00. The highest BCUT2D eigenvalue weighted by atomic mass is 19.4. The Labute approximate surface area is 74.9 Å². The molecule has 1 aliphatic carbocycles. The molecule has 0 spiro atoms. The fourth-order valence-corrected chi connectivity index (χ4v) is 1.69. The van der Waals surface area contributed by atoms with Gasteiger partial charge in [-0.3, -0.25) is 0 Å². The molecule has 0 aromatic heterocycles. The molecule has 0 unspecified atom stereocenters. The molecule has 0 atom stereocenters. The summed E-state index contributed by atoms with van der Waals surface area (Å²) >= 11 is 0. The predicted octanol–water partition coefficient (Wildman–Crippen LogP) is 1.43. The largest absolute Gasteiger partial charge is 0.391 e. The summed E-state index contributed by atoms with van der Waals surface area (Å²) in [5.74, 6) is -1.25. The van der Waals surface area contributed by atoms with Crippen LogP contribution in [0.3, 0.4) is 0 Å². The second kappa shape index (κ2) is 3.46. The SMILES string of the molecule is NCC1(O)CCC(C(F)(F)F)CC1. The molecular formula is C8H14F3NO. The normalized spacial score (nSPS) is 36.2. The highest BCUT2D eigenvalue weighted by Gasteiger charge is 2.44. The monoisotopic (exact) mass is 197 g/mol. The van der Waals surface area contributed by atoms with Crippen molar-refractivity contribution in [1.82, 2.24) is 0 Å². The van der Waals surface area contributed by atoms with Crippen LogP contribution in [0.25, 0.3) is 0 Å². The van der Waals surface area contributed by atoms with Crippen LogP contribution >= 0.6 is 0 Å². The zero-order valence-electron chi connectivity index (χ0n) is 7.27. The number of nitrogens with two attached hydrogens (primary N) is 1. The first-order valence-electron chi connectivity index (χ1n) is 4.36. The molecule has 0 aliphatic heterocycles. The summed E-state index contributed by atoms with van der Waals surface area (Å²) < 4.78 is 36.6. The predicted molar refractivity (Wildman–Crippen MR) is 42.0 cm³/mol. The van der Waals surface area contributed by atoms with Crippen LogP contribution < -0.4 is 5.73 Å². The average molecular weight is 197 g/mol. The smallest absolute Gasteiger partial charge is 0.389 e. The topological polar surface area (TPSA) is 46.2 Å². The second-order valence-corrected chi connectivity index (χ2v) is 3.74. The minimum Gasteiger partial charge on any atom is -0.389 e. The number of rotatable bonds is 1. The summed E-state index contributed by atoms with van der Waals surface area (Å²) in [6.07, 6.45) is -3.80. The van der Waals surface area contributed by atoms with Gasteiger partial charge in [0.1, 0.15) is 0 Å². The zero-order chi connectivity index (χ0) is 10.1. The van der Waals surface area contributed by atoms with Crippen molar-refractivity contribution >= 4 is 0 Å². The lowest BCUT2D eigenvalue weighted by atomic mass is 9.78. The van der Waals surface area contributed by atoms with Gasteiger partial charge < -0.3 is 10.8 Å². The Balaban J connectivity index is 2.48. The minimum atomic E-state index is -4.12. The Hall–Kier alpha value is -0.290. The van der Waals surface area contributed by atoms with Crippen LogP contribution in [0.15, 0.2) is 0 Å². The molecule has 0 aromatic rings. The Kier molecular flexibility index (Phi) is 2.87. The zero-order valence-corrected chi connectivity index (χ0v) is 7.27. The second-order valence-electron chi connectivity index (χ2n) is 3.74. The molecule has 1 saturated carbocycles. The molecule has 1 aliphatic rings. The van der Waals surface area contributed by atoms with Crippen molar-refractivity contribution in [2.24, 2.45) is 11.7 Å². The number of hydrogen-bond donors (Lipinski definition) is 2. The van der Waals surface area contributed by atoms with E-state index < -0.39 is 17.7 Å². The van der Waals surface area contributed by atoms with Gasteiger partial charge >= 0.3 is 6.18 Å². The van der Waals surface area contributed by atoms with E-state index in [2.05, 4.69) is 0 Å². The van der Waals surface area contributed by atoms with E-state index in [1.807, 2.05) is 0 Å². The first-order valence-corrected chi connectivity index (χ1v) is 4.36. The molecule has 0 amide bonds. The van der Waals surface area contributed by atoms with E-state index in [0.29, 0.717) is 0 Å². The lowest BCUT2D eigenvalue weighted by molar-refractivity contribution is -0.191. The van der Waals surface area contributed by atoms with Gasteiger partial charge in [-0.25, -0.2) is 0 Å². The van der Waals surface area contributed by atoms with Gasteiger partial charge in [-0.1, -0.05) is 0 Å². The number of aliphatic hydroxyl groups is 1. The van der Waals surface area contributed by atoms with Crippen LogP contribution in [0.5, 0.6) is 0 Å². The van der Waals surface area contributed by atoms with Gasteiger partial charge in [0.25, 0.3) is 0 Å². The van der Waals surface area contributed by atoms with Crippen LogP contribution in [0.1, 0.15) is 25.7 Å². The first-order chi connectivity index (χ1) is 5.87. The van der Waals surface area contributed by atoms with Gasteiger partial charge in [0.2, 0.25) is 0 Å². The maximum atomic E-state index is 12.2. The van der Waals surface area contributed by atoms with Crippen molar-refractivity contribution in [1.29, 1.82) is 0 Å². The molecule has 3 N–H and O–H groups in total. The van der Waals surface area contributed by atoms with E-state index in [9.17, 15) is 18.3 Å². The van der Waals surface area contributed by atoms with Gasteiger partial charge in [-0.05, 0) is 25.7 Å². The summed E-state index contributed by atoms with van der Waals surface area (Å²) in [7, 11) is 0. The van der Waals surface area contributed by atoms with Crippen LogP contribution in [-0.4, -0.2) is 23.4 Å². The van der Waals surface area contributed by atoms with E-state index in [4.69, 9.17) is 5.73 Å². The molecule has 0 bridgehead atoms. The molecule has 5 heteroatoms. The third-order valence-corrected chi connectivity index (χ3v) is 2.76. The third kappa shape index (κ3) is 2.57. The highest BCUT2D eigenvalue weighted by Crippen LogP contribution is 2.40. The van der Waals surface area contributed by atoms with Crippen LogP contribution in [0, 0.1) is 5.92 Å².